The second-order valence-electron chi connectivity index (χ2n) is 4.68. The van der Waals surface area contributed by atoms with Crippen molar-refractivity contribution < 1.29 is 13.2 Å². The predicted octanol–water partition coefficient (Wildman–Crippen LogP) is 3.41. The Labute approximate surface area is 132 Å². The van der Waals surface area contributed by atoms with Gasteiger partial charge in [-0.2, -0.15) is 0 Å². The third-order valence-corrected chi connectivity index (χ3v) is 4.62. The van der Waals surface area contributed by atoms with Crippen LogP contribution in [0.4, 0.5) is 5.69 Å². The lowest BCUT2D eigenvalue weighted by molar-refractivity contribution is 0.102. The molecule has 6 heteroatoms. The Kier molecular flexibility index (Phi) is 4.49. The van der Waals surface area contributed by atoms with Crippen LogP contribution in [-0.2, 0) is 9.84 Å². The fourth-order valence-corrected chi connectivity index (χ4v) is 3.30. The number of hydrogen-bond acceptors (Lipinski definition) is 3. The molecule has 0 saturated carbocycles. The molecular weight excluding hydrogens is 354 g/mol. The van der Waals surface area contributed by atoms with Crippen molar-refractivity contribution >= 4 is 37.4 Å². The minimum atomic E-state index is -3.46. The molecule has 0 heterocycles. The van der Waals surface area contributed by atoms with Crippen molar-refractivity contribution in [3.05, 3.63) is 58.1 Å². The molecule has 0 saturated heterocycles. The van der Waals surface area contributed by atoms with Gasteiger partial charge in [0.15, 0.2) is 9.84 Å². The topological polar surface area (TPSA) is 63.2 Å². The normalized spacial score (nSPS) is 11.2. The number of carbonyl (C=O) groups is 1. The largest absolute Gasteiger partial charge is 0.322 e. The summed E-state index contributed by atoms with van der Waals surface area (Å²) in [5.41, 5.74) is 1.67. The van der Waals surface area contributed by atoms with Crippen molar-refractivity contribution in [3.63, 3.8) is 0 Å². The fourth-order valence-electron chi connectivity index (χ4n) is 1.93. The van der Waals surface area contributed by atoms with Crippen molar-refractivity contribution in [3.8, 4) is 0 Å². The predicted molar refractivity (Wildman–Crippen MR) is 86.4 cm³/mol. The first-order valence-corrected chi connectivity index (χ1v) is 8.84. The van der Waals surface area contributed by atoms with E-state index in [2.05, 4.69) is 21.2 Å². The molecular formula is C15H14BrNO3S. The average Bonchev–Trinajstić information content (AvgIpc) is 2.41. The zero-order valence-corrected chi connectivity index (χ0v) is 14.0. The fraction of sp³-hybridized carbons (Fsp3) is 0.133. The van der Waals surface area contributed by atoms with Crippen LogP contribution < -0.4 is 5.32 Å². The van der Waals surface area contributed by atoms with Gasteiger partial charge in [0.1, 0.15) is 0 Å². The highest BCUT2D eigenvalue weighted by atomic mass is 79.9. The van der Waals surface area contributed by atoms with Gasteiger partial charge in [-0.25, -0.2) is 8.42 Å². The number of anilines is 1. The van der Waals surface area contributed by atoms with Crippen molar-refractivity contribution in [2.75, 3.05) is 11.6 Å². The van der Waals surface area contributed by atoms with Crippen LogP contribution in [0.1, 0.15) is 15.9 Å². The number of nitrogens with one attached hydrogen (secondary N) is 1. The molecule has 2 rings (SSSR count). The molecule has 2 aromatic rings. The number of amides is 1. The van der Waals surface area contributed by atoms with Crippen LogP contribution in [0.25, 0.3) is 0 Å². The highest BCUT2D eigenvalue weighted by Gasteiger charge is 2.18. The molecule has 0 bridgehead atoms. The maximum atomic E-state index is 12.3. The average molecular weight is 368 g/mol. The van der Waals surface area contributed by atoms with Crippen molar-refractivity contribution in [1.29, 1.82) is 0 Å². The van der Waals surface area contributed by atoms with E-state index in [0.717, 1.165) is 16.3 Å². The summed E-state index contributed by atoms with van der Waals surface area (Å²) in [6.07, 6.45) is 1.09. The summed E-state index contributed by atoms with van der Waals surface area (Å²) in [7, 11) is -3.46. The number of hydrogen-bond donors (Lipinski definition) is 1. The van der Waals surface area contributed by atoms with Gasteiger partial charge in [-0.15, -0.1) is 0 Å². The first kappa shape index (κ1) is 15.7. The summed E-state index contributed by atoms with van der Waals surface area (Å²) in [6, 6.07) is 11.6. The molecule has 2 aromatic carbocycles. The number of benzene rings is 2. The van der Waals surface area contributed by atoms with Crippen LogP contribution in [0, 0.1) is 6.92 Å². The van der Waals surface area contributed by atoms with Gasteiger partial charge in [0.05, 0.1) is 10.5 Å². The maximum Gasteiger partial charge on any atom is 0.256 e. The van der Waals surface area contributed by atoms with Crippen LogP contribution in [0.3, 0.4) is 0 Å². The second-order valence-corrected chi connectivity index (χ2v) is 7.58. The molecule has 0 fully saturated rings. The Balaban J connectivity index is 2.38. The minimum Gasteiger partial charge on any atom is -0.322 e. The van der Waals surface area contributed by atoms with Gasteiger partial charge in [0, 0.05) is 16.4 Å². The Hall–Kier alpha value is -1.66. The van der Waals surface area contributed by atoms with Gasteiger partial charge in [-0.1, -0.05) is 28.1 Å². The summed E-state index contributed by atoms with van der Waals surface area (Å²) in [6.45, 7) is 1.86. The molecule has 0 atom stereocenters. The first-order valence-electron chi connectivity index (χ1n) is 6.15. The van der Waals surface area contributed by atoms with Gasteiger partial charge in [0.25, 0.3) is 5.91 Å². The quantitative estimate of drug-likeness (QED) is 0.903. The van der Waals surface area contributed by atoms with E-state index in [1.54, 1.807) is 18.2 Å². The number of aryl methyl sites for hydroxylation is 1. The summed E-state index contributed by atoms with van der Waals surface area (Å²) in [4.78, 5) is 12.4. The molecule has 0 aromatic heterocycles. The maximum absolute atomic E-state index is 12.3. The van der Waals surface area contributed by atoms with Gasteiger partial charge in [0.2, 0.25) is 0 Å². The summed E-state index contributed by atoms with van der Waals surface area (Å²) in [5, 5.41) is 2.74. The van der Waals surface area contributed by atoms with Crippen molar-refractivity contribution in [2.45, 2.75) is 11.8 Å². The molecule has 21 heavy (non-hydrogen) atoms. The van der Waals surface area contributed by atoms with Crippen LogP contribution in [-0.4, -0.2) is 20.6 Å². The third-order valence-electron chi connectivity index (χ3n) is 2.97. The monoisotopic (exact) mass is 367 g/mol. The molecule has 1 N–H and O–H groups in total. The molecule has 0 aliphatic rings. The van der Waals surface area contributed by atoms with E-state index in [0.29, 0.717) is 5.69 Å². The summed E-state index contributed by atoms with van der Waals surface area (Å²) in [5.74, 6) is -0.443. The number of halogens is 1. The Morgan fingerprint density at radius 3 is 2.43 bits per heavy atom. The Morgan fingerprint density at radius 1 is 1.14 bits per heavy atom. The Morgan fingerprint density at radius 2 is 1.81 bits per heavy atom. The van der Waals surface area contributed by atoms with E-state index in [1.165, 1.54) is 12.1 Å². The van der Waals surface area contributed by atoms with E-state index in [9.17, 15) is 13.2 Å². The molecule has 0 radical (unpaired) electrons. The number of carbonyl (C=O) groups excluding carboxylic acids is 1. The standard InChI is InChI=1S/C15H14BrNO3S/c1-10-9-11(16)7-8-13(10)17-15(18)12-5-3-4-6-14(12)21(2,19)20/h3-9H,1-2H3,(H,17,18). The van der Waals surface area contributed by atoms with Gasteiger partial charge < -0.3 is 5.32 Å². The SMILES string of the molecule is Cc1cc(Br)ccc1NC(=O)c1ccccc1S(C)(=O)=O. The smallest absolute Gasteiger partial charge is 0.256 e. The molecule has 0 unspecified atom stereocenters. The third kappa shape index (κ3) is 3.71. The highest BCUT2D eigenvalue weighted by Crippen LogP contribution is 2.22. The van der Waals surface area contributed by atoms with Crippen LogP contribution in [0.5, 0.6) is 0 Å². The van der Waals surface area contributed by atoms with Crippen LogP contribution >= 0.6 is 15.9 Å². The van der Waals surface area contributed by atoms with E-state index < -0.39 is 15.7 Å². The summed E-state index contributed by atoms with van der Waals surface area (Å²) >= 11 is 3.35. The number of rotatable bonds is 3. The molecule has 1 amide bonds. The van der Waals surface area contributed by atoms with Crippen molar-refractivity contribution in [1.82, 2.24) is 0 Å². The highest BCUT2D eigenvalue weighted by molar-refractivity contribution is 9.10. The van der Waals surface area contributed by atoms with Crippen molar-refractivity contribution in [2.24, 2.45) is 0 Å². The second kappa shape index (κ2) is 5.99. The lowest BCUT2D eigenvalue weighted by Gasteiger charge is -2.11. The van der Waals surface area contributed by atoms with E-state index in [-0.39, 0.29) is 10.5 Å². The molecule has 0 spiro atoms. The zero-order valence-electron chi connectivity index (χ0n) is 11.6. The Bertz CT molecular complexity index is 800. The van der Waals surface area contributed by atoms with E-state index in [4.69, 9.17) is 0 Å². The number of sulfone groups is 1. The summed E-state index contributed by atoms with van der Waals surface area (Å²) < 4.78 is 24.4. The lowest BCUT2D eigenvalue weighted by atomic mass is 10.1. The minimum absolute atomic E-state index is 0.0252. The zero-order chi connectivity index (χ0) is 15.6. The molecule has 110 valence electrons. The molecule has 4 nitrogen and oxygen atoms in total. The lowest BCUT2D eigenvalue weighted by Crippen LogP contribution is -2.16. The first-order chi connectivity index (χ1) is 9.79. The van der Waals surface area contributed by atoms with Gasteiger partial charge in [-0.3, -0.25) is 4.79 Å². The molecule has 0 aliphatic carbocycles. The van der Waals surface area contributed by atoms with E-state index in [1.807, 2.05) is 19.1 Å². The van der Waals surface area contributed by atoms with E-state index >= 15 is 0 Å². The van der Waals surface area contributed by atoms with Crippen LogP contribution in [0.15, 0.2) is 51.8 Å². The van der Waals surface area contributed by atoms with Crippen LogP contribution in [0.2, 0.25) is 0 Å². The van der Waals surface area contributed by atoms with Gasteiger partial charge >= 0.3 is 0 Å². The molecule has 0 aliphatic heterocycles. The van der Waals surface area contributed by atoms with Gasteiger partial charge in [-0.05, 0) is 42.8 Å².